The minimum absolute atomic E-state index is 0.115. The van der Waals surface area contributed by atoms with Gasteiger partial charge in [-0.3, -0.25) is 9.69 Å². The van der Waals surface area contributed by atoms with Gasteiger partial charge in [0.15, 0.2) is 0 Å². The minimum Gasteiger partial charge on any atom is -0.338 e. The summed E-state index contributed by atoms with van der Waals surface area (Å²) >= 11 is 0. The number of fused-ring (bicyclic) bond motifs is 1. The van der Waals surface area contributed by atoms with Crippen molar-refractivity contribution in [1.82, 2.24) is 29.7 Å². The van der Waals surface area contributed by atoms with Crippen molar-refractivity contribution in [2.75, 3.05) is 13.1 Å². The average molecular weight is 395 g/mol. The largest absolute Gasteiger partial charge is 0.338 e. The van der Waals surface area contributed by atoms with Crippen LogP contribution in [0, 0.1) is 0 Å². The Morgan fingerprint density at radius 1 is 1.14 bits per heavy atom. The van der Waals surface area contributed by atoms with E-state index in [9.17, 15) is 4.79 Å². The first kappa shape index (κ1) is 19.9. The molecule has 0 aromatic carbocycles. The van der Waals surface area contributed by atoms with E-state index in [4.69, 9.17) is 9.97 Å². The summed E-state index contributed by atoms with van der Waals surface area (Å²) in [6.07, 6.45) is 10.1. The molecule has 2 aromatic heterocycles. The van der Waals surface area contributed by atoms with Gasteiger partial charge < -0.3 is 4.90 Å². The maximum absolute atomic E-state index is 11.7. The van der Waals surface area contributed by atoms with Crippen molar-refractivity contribution in [3.8, 4) is 0 Å². The molecule has 0 saturated carbocycles. The Bertz CT molecular complexity index is 866. The number of carbonyl (C=O) groups excluding carboxylic acids is 1. The normalized spacial score (nSPS) is 20.0. The Morgan fingerprint density at radius 2 is 1.93 bits per heavy atom. The highest BCUT2D eigenvalue weighted by molar-refractivity contribution is 5.73. The van der Waals surface area contributed by atoms with Crippen LogP contribution < -0.4 is 0 Å². The zero-order valence-electron chi connectivity index (χ0n) is 17.6. The fourth-order valence-electron chi connectivity index (χ4n) is 4.21. The number of piperidine rings is 1. The number of rotatable bonds is 4. The molecule has 1 atom stereocenters. The molecule has 1 fully saturated rings. The van der Waals surface area contributed by atoms with Gasteiger partial charge in [0.25, 0.3) is 0 Å². The summed E-state index contributed by atoms with van der Waals surface area (Å²) in [7, 11) is 0. The Hall–Kier alpha value is -2.41. The molecule has 2 aliphatic heterocycles. The van der Waals surface area contributed by atoms with Crippen LogP contribution >= 0.6 is 0 Å². The maximum atomic E-state index is 11.7. The molecule has 0 radical (unpaired) electrons. The molecular formula is C22H30N6O. The molecule has 0 unspecified atom stereocenters. The first-order valence-corrected chi connectivity index (χ1v) is 10.7. The van der Waals surface area contributed by atoms with Gasteiger partial charge in [0.2, 0.25) is 5.91 Å². The van der Waals surface area contributed by atoms with E-state index in [1.807, 2.05) is 23.5 Å². The Balaban J connectivity index is 1.51. The van der Waals surface area contributed by atoms with Gasteiger partial charge in [-0.25, -0.2) is 19.9 Å². The highest BCUT2D eigenvalue weighted by atomic mass is 16.2. The van der Waals surface area contributed by atoms with Gasteiger partial charge in [-0.15, -0.1) is 0 Å². The van der Waals surface area contributed by atoms with Crippen LogP contribution in [0.25, 0.3) is 0 Å². The van der Waals surface area contributed by atoms with E-state index in [0.29, 0.717) is 12.5 Å². The maximum Gasteiger partial charge on any atom is 0.219 e. The lowest BCUT2D eigenvalue weighted by atomic mass is 10.00. The Labute approximate surface area is 172 Å². The van der Waals surface area contributed by atoms with Gasteiger partial charge in [-0.05, 0) is 19.4 Å². The lowest BCUT2D eigenvalue weighted by Crippen LogP contribution is -2.37. The second kappa shape index (κ2) is 8.53. The first-order valence-electron chi connectivity index (χ1n) is 10.7. The number of hydrogen-bond donors (Lipinski definition) is 0. The van der Waals surface area contributed by atoms with Crippen LogP contribution in [0.2, 0.25) is 0 Å². The van der Waals surface area contributed by atoms with Crippen molar-refractivity contribution in [2.24, 2.45) is 0 Å². The standard InChI is InChI=1S/C22H30N6O/c1-15(2)21-23-10-17(11-24-21)13-28-8-5-4-6-20(28)22-25-12-18-14-27(16(3)29)9-7-19(18)26-22/h10-12,15,20H,4-9,13-14H2,1-3H3/t20-/m1/s1. The summed E-state index contributed by atoms with van der Waals surface area (Å²) < 4.78 is 0. The van der Waals surface area contributed by atoms with E-state index >= 15 is 0 Å². The van der Waals surface area contributed by atoms with Crippen LogP contribution in [0.15, 0.2) is 18.6 Å². The summed E-state index contributed by atoms with van der Waals surface area (Å²) in [5.74, 6) is 2.26. The molecule has 0 aliphatic carbocycles. The molecule has 2 aromatic rings. The van der Waals surface area contributed by atoms with E-state index in [1.54, 1.807) is 6.92 Å². The van der Waals surface area contributed by atoms with Crippen LogP contribution in [0.3, 0.4) is 0 Å². The minimum atomic E-state index is 0.115. The summed E-state index contributed by atoms with van der Waals surface area (Å²) in [6.45, 7) is 9.07. The van der Waals surface area contributed by atoms with E-state index in [0.717, 1.165) is 60.9 Å². The third-order valence-corrected chi connectivity index (χ3v) is 5.94. The fourth-order valence-corrected chi connectivity index (χ4v) is 4.21. The number of nitrogens with zero attached hydrogens (tertiary/aromatic N) is 6. The van der Waals surface area contributed by atoms with E-state index in [2.05, 4.69) is 28.7 Å². The molecule has 4 rings (SSSR count). The van der Waals surface area contributed by atoms with Gasteiger partial charge in [0.05, 0.1) is 11.7 Å². The highest BCUT2D eigenvalue weighted by Gasteiger charge is 2.28. The van der Waals surface area contributed by atoms with Crippen molar-refractivity contribution in [3.05, 3.63) is 47.1 Å². The third-order valence-electron chi connectivity index (χ3n) is 5.94. The topological polar surface area (TPSA) is 75.1 Å². The zero-order valence-corrected chi connectivity index (χ0v) is 17.6. The number of likely N-dealkylation sites (tertiary alicyclic amines) is 1. The van der Waals surface area contributed by atoms with Gasteiger partial charge in [-0.2, -0.15) is 0 Å². The van der Waals surface area contributed by atoms with Gasteiger partial charge in [-0.1, -0.05) is 20.3 Å². The van der Waals surface area contributed by atoms with Crippen molar-refractivity contribution >= 4 is 5.91 Å². The molecule has 4 heterocycles. The predicted octanol–water partition coefficient (Wildman–Crippen LogP) is 3.02. The zero-order chi connectivity index (χ0) is 20.4. The van der Waals surface area contributed by atoms with Crippen LogP contribution in [-0.2, 0) is 24.3 Å². The van der Waals surface area contributed by atoms with Gasteiger partial charge >= 0.3 is 0 Å². The molecule has 29 heavy (non-hydrogen) atoms. The second-order valence-electron chi connectivity index (χ2n) is 8.48. The number of carbonyl (C=O) groups is 1. The molecule has 2 aliphatic rings. The smallest absolute Gasteiger partial charge is 0.219 e. The molecule has 1 saturated heterocycles. The number of aromatic nitrogens is 4. The van der Waals surface area contributed by atoms with Gasteiger partial charge in [0, 0.05) is 68.6 Å². The van der Waals surface area contributed by atoms with Crippen molar-refractivity contribution in [3.63, 3.8) is 0 Å². The molecule has 1 amide bonds. The summed E-state index contributed by atoms with van der Waals surface area (Å²) in [6, 6.07) is 0.227. The van der Waals surface area contributed by atoms with E-state index in [1.165, 1.54) is 12.8 Å². The van der Waals surface area contributed by atoms with Crippen LogP contribution in [-0.4, -0.2) is 48.7 Å². The fraction of sp³-hybridized carbons (Fsp3) is 0.591. The lowest BCUT2D eigenvalue weighted by molar-refractivity contribution is -0.129. The van der Waals surface area contributed by atoms with Gasteiger partial charge in [0.1, 0.15) is 11.6 Å². The highest BCUT2D eigenvalue weighted by Crippen LogP contribution is 2.31. The monoisotopic (exact) mass is 394 g/mol. The second-order valence-corrected chi connectivity index (χ2v) is 8.48. The van der Waals surface area contributed by atoms with Crippen molar-refractivity contribution in [1.29, 1.82) is 0 Å². The van der Waals surface area contributed by atoms with Crippen molar-refractivity contribution in [2.45, 2.75) is 71.5 Å². The molecule has 154 valence electrons. The van der Waals surface area contributed by atoms with Crippen LogP contribution in [0.5, 0.6) is 0 Å². The lowest BCUT2D eigenvalue weighted by Gasteiger charge is -2.35. The summed E-state index contributed by atoms with van der Waals surface area (Å²) in [4.78, 5) is 34.7. The molecular weight excluding hydrogens is 364 g/mol. The summed E-state index contributed by atoms with van der Waals surface area (Å²) in [5, 5.41) is 0. The Morgan fingerprint density at radius 3 is 2.66 bits per heavy atom. The number of amides is 1. The quantitative estimate of drug-likeness (QED) is 0.793. The Kier molecular flexibility index (Phi) is 5.85. The SMILES string of the molecule is CC(=O)N1CCc2nc([C@H]3CCCCN3Cc3cnc(C(C)C)nc3)ncc2C1. The molecule has 7 heteroatoms. The molecule has 7 nitrogen and oxygen atoms in total. The molecule has 0 bridgehead atoms. The van der Waals surface area contributed by atoms with Crippen molar-refractivity contribution < 1.29 is 4.79 Å². The number of hydrogen-bond acceptors (Lipinski definition) is 6. The summed E-state index contributed by atoms with van der Waals surface area (Å²) in [5.41, 5.74) is 3.31. The third kappa shape index (κ3) is 4.45. The predicted molar refractivity (Wildman–Crippen MR) is 110 cm³/mol. The van der Waals surface area contributed by atoms with Crippen LogP contribution in [0.1, 0.15) is 80.5 Å². The average Bonchev–Trinajstić information content (AvgIpc) is 2.73. The van der Waals surface area contributed by atoms with Crippen LogP contribution in [0.4, 0.5) is 0 Å². The molecule has 0 N–H and O–H groups in total. The first-order chi connectivity index (χ1) is 14.0. The molecule has 0 spiro atoms. The van der Waals surface area contributed by atoms with E-state index in [-0.39, 0.29) is 11.9 Å². The van der Waals surface area contributed by atoms with E-state index < -0.39 is 0 Å².